The zero-order valence-corrected chi connectivity index (χ0v) is 12.1. The Labute approximate surface area is 104 Å². The largest absolute Gasteiger partial charge is 0.358 e. The highest BCUT2D eigenvalue weighted by atomic mass is 14.7. The van der Waals surface area contributed by atoms with Gasteiger partial charge < -0.3 is 4.98 Å². The first kappa shape index (κ1) is 12.2. The Bertz CT molecular complexity index is 586. The molecule has 0 radical (unpaired) electrons. The van der Waals surface area contributed by atoms with Gasteiger partial charge in [0.05, 0.1) is 0 Å². The van der Waals surface area contributed by atoms with Gasteiger partial charge in [-0.3, -0.25) is 0 Å². The van der Waals surface area contributed by atoms with Crippen LogP contribution < -0.4 is 0 Å². The lowest BCUT2D eigenvalue weighted by molar-refractivity contribution is 0.827. The van der Waals surface area contributed by atoms with Crippen LogP contribution in [0, 0.1) is 34.6 Å². The summed E-state index contributed by atoms with van der Waals surface area (Å²) in [4.78, 5) is 3.64. The van der Waals surface area contributed by atoms with E-state index in [2.05, 4.69) is 53.5 Å². The first-order chi connectivity index (χ1) is 7.86. The fourth-order valence-electron chi connectivity index (χ4n) is 2.88. The minimum atomic E-state index is 0.557. The maximum Gasteiger partial charge on any atom is 0.0494 e. The molecule has 0 amide bonds. The summed E-state index contributed by atoms with van der Waals surface area (Å²) in [6.07, 6.45) is 0. The highest BCUT2D eigenvalue weighted by Crippen LogP contribution is 2.34. The highest BCUT2D eigenvalue weighted by molar-refractivity contribution is 5.92. The van der Waals surface area contributed by atoms with Gasteiger partial charge in [0.15, 0.2) is 0 Å². The molecule has 0 saturated carbocycles. The number of benzene rings is 1. The maximum atomic E-state index is 3.64. The van der Waals surface area contributed by atoms with Gasteiger partial charge in [-0.2, -0.15) is 0 Å². The molecule has 1 heteroatoms. The molecule has 0 unspecified atom stereocenters. The third-order valence-electron chi connectivity index (χ3n) is 4.30. The van der Waals surface area contributed by atoms with E-state index < -0.39 is 0 Å². The van der Waals surface area contributed by atoms with Crippen LogP contribution in [0.3, 0.4) is 0 Å². The standard InChI is InChI=1S/C16H23N/c1-8(2)15-13(7)14-11(5)9(3)10(4)12(6)16(14)17-15/h8,17H,1-7H3. The minimum absolute atomic E-state index is 0.557. The van der Waals surface area contributed by atoms with E-state index in [1.807, 2.05) is 0 Å². The Morgan fingerprint density at radius 3 is 1.76 bits per heavy atom. The summed E-state index contributed by atoms with van der Waals surface area (Å²) in [5.74, 6) is 0.557. The maximum absolute atomic E-state index is 3.64. The Balaban J connectivity index is 2.97. The molecule has 0 aliphatic rings. The summed E-state index contributed by atoms with van der Waals surface area (Å²) >= 11 is 0. The van der Waals surface area contributed by atoms with Crippen LogP contribution in [0.4, 0.5) is 0 Å². The van der Waals surface area contributed by atoms with E-state index in [1.165, 1.54) is 44.4 Å². The molecule has 2 rings (SSSR count). The lowest BCUT2D eigenvalue weighted by atomic mass is 9.93. The second-order valence-electron chi connectivity index (χ2n) is 5.57. The molecule has 0 aliphatic carbocycles. The predicted molar refractivity (Wildman–Crippen MR) is 76.1 cm³/mol. The molecule has 1 aromatic carbocycles. The quantitative estimate of drug-likeness (QED) is 0.720. The molecule has 1 heterocycles. The number of aryl methyl sites for hydroxylation is 3. The van der Waals surface area contributed by atoms with Crippen molar-refractivity contribution in [3.8, 4) is 0 Å². The van der Waals surface area contributed by atoms with Crippen molar-refractivity contribution in [1.82, 2.24) is 4.98 Å². The molecule has 0 spiro atoms. The van der Waals surface area contributed by atoms with Gasteiger partial charge in [-0.1, -0.05) is 13.8 Å². The monoisotopic (exact) mass is 229 g/mol. The van der Waals surface area contributed by atoms with E-state index in [1.54, 1.807) is 0 Å². The molecule has 0 saturated heterocycles. The van der Waals surface area contributed by atoms with Crippen molar-refractivity contribution in [3.05, 3.63) is 33.5 Å². The van der Waals surface area contributed by atoms with Gasteiger partial charge in [0.25, 0.3) is 0 Å². The summed E-state index contributed by atoms with van der Waals surface area (Å²) in [6, 6.07) is 0. The van der Waals surface area contributed by atoms with Gasteiger partial charge in [-0.15, -0.1) is 0 Å². The first-order valence-electron chi connectivity index (χ1n) is 6.44. The molecule has 2 aromatic rings. The third kappa shape index (κ3) is 1.60. The van der Waals surface area contributed by atoms with E-state index in [0.29, 0.717) is 5.92 Å². The SMILES string of the molecule is Cc1c(C)c(C)c2c(C)c(C(C)C)[nH]c2c1C. The van der Waals surface area contributed by atoms with Crippen LogP contribution >= 0.6 is 0 Å². The van der Waals surface area contributed by atoms with Gasteiger partial charge in [0, 0.05) is 16.6 Å². The zero-order valence-electron chi connectivity index (χ0n) is 12.1. The summed E-state index contributed by atoms with van der Waals surface area (Å²) in [5, 5.41) is 1.44. The summed E-state index contributed by atoms with van der Waals surface area (Å²) < 4.78 is 0. The van der Waals surface area contributed by atoms with Crippen molar-refractivity contribution in [1.29, 1.82) is 0 Å². The van der Waals surface area contributed by atoms with Crippen molar-refractivity contribution in [2.75, 3.05) is 0 Å². The Morgan fingerprint density at radius 2 is 1.24 bits per heavy atom. The summed E-state index contributed by atoms with van der Waals surface area (Å²) in [7, 11) is 0. The van der Waals surface area contributed by atoms with Gasteiger partial charge in [-0.05, 0) is 68.4 Å². The zero-order chi connectivity index (χ0) is 12.9. The van der Waals surface area contributed by atoms with E-state index in [4.69, 9.17) is 0 Å². The van der Waals surface area contributed by atoms with Crippen LogP contribution in [0.25, 0.3) is 10.9 Å². The average Bonchev–Trinajstić information content (AvgIpc) is 2.62. The lowest BCUT2D eigenvalue weighted by Crippen LogP contribution is -1.93. The van der Waals surface area contributed by atoms with Gasteiger partial charge in [0.1, 0.15) is 0 Å². The molecule has 92 valence electrons. The van der Waals surface area contributed by atoms with E-state index >= 15 is 0 Å². The van der Waals surface area contributed by atoms with Crippen molar-refractivity contribution < 1.29 is 0 Å². The van der Waals surface area contributed by atoms with E-state index in [-0.39, 0.29) is 0 Å². The second-order valence-corrected chi connectivity index (χ2v) is 5.57. The number of aromatic amines is 1. The molecule has 0 atom stereocenters. The second kappa shape index (κ2) is 3.90. The Kier molecular flexibility index (Phi) is 2.81. The number of rotatable bonds is 1. The average molecular weight is 229 g/mol. The molecule has 17 heavy (non-hydrogen) atoms. The van der Waals surface area contributed by atoms with E-state index in [0.717, 1.165) is 0 Å². The van der Waals surface area contributed by atoms with Crippen LogP contribution in [0.15, 0.2) is 0 Å². The molecule has 1 aromatic heterocycles. The van der Waals surface area contributed by atoms with Crippen molar-refractivity contribution in [2.45, 2.75) is 54.4 Å². The molecule has 0 bridgehead atoms. The minimum Gasteiger partial charge on any atom is -0.358 e. The van der Waals surface area contributed by atoms with E-state index in [9.17, 15) is 0 Å². The molecular formula is C16H23N. The van der Waals surface area contributed by atoms with Crippen molar-refractivity contribution in [3.63, 3.8) is 0 Å². The lowest BCUT2D eigenvalue weighted by Gasteiger charge is -2.11. The fourth-order valence-corrected chi connectivity index (χ4v) is 2.88. The normalized spacial score (nSPS) is 11.8. The Morgan fingerprint density at radius 1 is 0.706 bits per heavy atom. The number of aromatic nitrogens is 1. The number of hydrogen-bond acceptors (Lipinski definition) is 0. The van der Waals surface area contributed by atoms with Gasteiger partial charge >= 0.3 is 0 Å². The third-order valence-corrected chi connectivity index (χ3v) is 4.30. The van der Waals surface area contributed by atoms with Crippen LogP contribution in [-0.4, -0.2) is 4.98 Å². The van der Waals surface area contributed by atoms with Crippen LogP contribution in [0.5, 0.6) is 0 Å². The van der Waals surface area contributed by atoms with Crippen molar-refractivity contribution >= 4 is 10.9 Å². The predicted octanol–water partition coefficient (Wildman–Crippen LogP) is 4.83. The van der Waals surface area contributed by atoms with Crippen LogP contribution in [-0.2, 0) is 0 Å². The molecule has 0 aliphatic heterocycles. The molecule has 1 N–H and O–H groups in total. The van der Waals surface area contributed by atoms with Crippen molar-refractivity contribution in [2.24, 2.45) is 0 Å². The molecule has 1 nitrogen and oxygen atoms in total. The Hall–Kier alpha value is -1.24. The van der Waals surface area contributed by atoms with Crippen LogP contribution in [0.1, 0.15) is 53.3 Å². The fraction of sp³-hybridized carbons (Fsp3) is 0.500. The number of fused-ring (bicyclic) bond motifs is 1. The number of hydrogen-bond donors (Lipinski definition) is 1. The van der Waals surface area contributed by atoms with Gasteiger partial charge in [-0.25, -0.2) is 0 Å². The smallest absolute Gasteiger partial charge is 0.0494 e. The highest BCUT2D eigenvalue weighted by Gasteiger charge is 2.16. The molecule has 0 fully saturated rings. The number of nitrogens with one attached hydrogen (secondary N) is 1. The van der Waals surface area contributed by atoms with Gasteiger partial charge in [0.2, 0.25) is 0 Å². The topological polar surface area (TPSA) is 15.8 Å². The summed E-state index contributed by atoms with van der Waals surface area (Å²) in [5.41, 5.74) is 9.85. The number of H-pyrrole nitrogens is 1. The first-order valence-corrected chi connectivity index (χ1v) is 6.44. The summed E-state index contributed by atoms with van der Waals surface area (Å²) in [6.45, 7) is 15.7. The van der Waals surface area contributed by atoms with Crippen LogP contribution in [0.2, 0.25) is 0 Å². The molecular weight excluding hydrogens is 206 g/mol.